The zero-order valence-electron chi connectivity index (χ0n) is 40.2. The summed E-state index contributed by atoms with van der Waals surface area (Å²) in [4.78, 5) is 80.2. The molecule has 4 saturated heterocycles. The summed E-state index contributed by atoms with van der Waals surface area (Å²) >= 11 is 0. The first-order chi connectivity index (χ1) is 34.4. The van der Waals surface area contributed by atoms with Crippen molar-refractivity contribution in [3.05, 3.63) is 87.9 Å². The second-order valence-corrected chi connectivity index (χ2v) is 21.0. The number of hydrogen-bond acceptors (Lipinski definition) is 12. The lowest BCUT2D eigenvalue weighted by Crippen LogP contribution is -2.54. The van der Waals surface area contributed by atoms with E-state index in [1.54, 1.807) is 25.1 Å². The van der Waals surface area contributed by atoms with Gasteiger partial charge in [0.25, 0.3) is 18.2 Å². The van der Waals surface area contributed by atoms with Crippen molar-refractivity contribution >= 4 is 58.1 Å². The van der Waals surface area contributed by atoms with Gasteiger partial charge in [-0.05, 0) is 124 Å². The number of likely N-dealkylation sites (tertiary alicyclic amines) is 1. The highest BCUT2D eigenvalue weighted by Crippen LogP contribution is 2.52. The van der Waals surface area contributed by atoms with Gasteiger partial charge >= 0.3 is 0 Å². The van der Waals surface area contributed by atoms with Crippen LogP contribution in [-0.4, -0.2) is 131 Å². The zero-order valence-corrected chi connectivity index (χ0v) is 40.2. The van der Waals surface area contributed by atoms with Crippen molar-refractivity contribution in [2.24, 2.45) is 5.92 Å². The molecule has 0 aliphatic carbocycles. The third-order valence-corrected chi connectivity index (χ3v) is 17.0. The molecule has 8 aliphatic heterocycles. The minimum Gasteiger partial charge on any atom is -0.381 e. The summed E-state index contributed by atoms with van der Waals surface area (Å²) in [5, 5.41) is 7.54. The van der Waals surface area contributed by atoms with Crippen LogP contribution in [0.3, 0.4) is 0 Å². The van der Waals surface area contributed by atoms with Crippen LogP contribution in [0.1, 0.15) is 126 Å². The van der Waals surface area contributed by atoms with Crippen molar-refractivity contribution in [3.63, 3.8) is 0 Å². The van der Waals surface area contributed by atoms with Crippen LogP contribution in [0, 0.1) is 5.92 Å². The number of alkyl halides is 2. The van der Waals surface area contributed by atoms with Crippen molar-refractivity contribution in [1.29, 1.82) is 0 Å². The Morgan fingerprint density at radius 3 is 2.39 bits per heavy atom. The minimum atomic E-state index is -2.71. The number of aromatic nitrogens is 3. The molecule has 10 heterocycles. The molecular formula is C53H60F2N10O6. The molecule has 18 heteroatoms. The third kappa shape index (κ3) is 7.95. The number of carbonyl (C=O) groups excluding carboxylic acids is 5. The molecule has 5 amide bonds. The summed E-state index contributed by atoms with van der Waals surface area (Å²) in [6.07, 6.45) is 8.94. The number of carbonyl (C=O) groups is 5. The predicted molar refractivity (Wildman–Crippen MR) is 259 cm³/mol. The standard InChI is InChI=1S/C53H60F2N10O6/c1-32(66)61-20-11-42-40(30-61)49(58-65(42)35-12-23-71-24-13-35)62-17-2-3-34-25-45(39(48(54)55)27-44(34)62)63-31-53(41-8-16-56-28-46(41)63)14-21-59(22-15-53)29-33-9-18-60(19-10-33)36-4-5-37-38(26-36)52(70)64(51(37)69)43-6-7-47(67)57-50(43)68/h4-5,8,16,25-28,33,35,43,48H,2-3,6-7,9-15,17-24,29-31H2,1H3,(H,57,67,68). The van der Waals surface area contributed by atoms with Gasteiger partial charge in [0.15, 0.2) is 5.82 Å². The van der Waals surface area contributed by atoms with Crippen LogP contribution in [0.5, 0.6) is 0 Å². The van der Waals surface area contributed by atoms with Gasteiger partial charge in [0.1, 0.15) is 6.04 Å². The molecular weight excluding hydrogens is 911 g/mol. The van der Waals surface area contributed by atoms with E-state index in [2.05, 4.69) is 40.6 Å². The van der Waals surface area contributed by atoms with Crippen molar-refractivity contribution in [3.8, 4) is 0 Å². The molecule has 71 heavy (non-hydrogen) atoms. The van der Waals surface area contributed by atoms with Crippen LogP contribution in [0.15, 0.2) is 48.8 Å². The first-order valence-electron chi connectivity index (χ1n) is 25.7. The topological polar surface area (TPSA) is 157 Å². The molecule has 8 aliphatic rings. The Morgan fingerprint density at radius 2 is 1.63 bits per heavy atom. The number of ether oxygens (including phenoxy) is 1. The van der Waals surface area contributed by atoms with Crippen LogP contribution in [-0.2, 0) is 43.9 Å². The Kier molecular flexibility index (Phi) is 11.7. The van der Waals surface area contributed by atoms with E-state index in [9.17, 15) is 24.0 Å². The van der Waals surface area contributed by atoms with Crippen LogP contribution in [0.25, 0.3) is 0 Å². The first-order valence-corrected chi connectivity index (χ1v) is 25.7. The van der Waals surface area contributed by atoms with Crippen LogP contribution < -0.4 is 20.0 Å². The highest BCUT2D eigenvalue weighted by molar-refractivity contribution is 6.23. The summed E-state index contributed by atoms with van der Waals surface area (Å²) in [5.74, 6) is -0.751. The molecule has 1 unspecified atom stereocenters. The maximum absolute atomic E-state index is 15.6. The monoisotopic (exact) mass is 970 g/mol. The summed E-state index contributed by atoms with van der Waals surface area (Å²) in [6, 6.07) is 10.4. The molecule has 1 N–H and O–H groups in total. The number of piperidine rings is 3. The van der Waals surface area contributed by atoms with E-state index in [-0.39, 0.29) is 41.3 Å². The number of nitrogens with one attached hydrogen (secondary N) is 1. The number of amides is 5. The fourth-order valence-electron chi connectivity index (χ4n) is 13.1. The van der Waals surface area contributed by atoms with Gasteiger partial charge in [-0.2, -0.15) is 5.10 Å². The van der Waals surface area contributed by atoms with Crippen LogP contribution in [0.2, 0.25) is 0 Å². The fraction of sp³-hybridized carbons (Fsp3) is 0.528. The molecule has 372 valence electrons. The molecule has 0 saturated carbocycles. The largest absolute Gasteiger partial charge is 0.381 e. The zero-order chi connectivity index (χ0) is 48.7. The highest BCUT2D eigenvalue weighted by atomic mass is 19.3. The van der Waals surface area contributed by atoms with Gasteiger partial charge in [0, 0.05) is 112 Å². The van der Waals surface area contributed by atoms with Gasteiger partial charge in [-0.1, -0.05) is 0 Å². The number of halogens is 2. The highest BCUT2D eigenvalue weighted by Gasteiger charge is 2.48. The number of nitrogens with zero attached hydrogens (tertiary/aromatic N) is 9. The molecule has 0 radical (unpaired) electrons. The lowest BCUT2D eigenvalue weighted by molar-refractivity contribution is -0.136. The van der Waals surface area contributed by atoms with E-state index >= 15 is 8.78 Å². The molecule has 1 spiro atoms. The number of benzene rings is 2. The van der Waals surface area contributed by atoms with E-state index in [1.165, 1.54) is 5.56 Å². The van der Waals surface area contributed by atoms with Gasteiger partial charge in [-0.25, -0.2) is 8.78 Å². The van der Waals surface area contributed by atoms with Crippen molar-refractivity contribution < 1.29 is 37.5 Å². The van der Waals surface area contributed by atoms with E-state index in [4.69, 9.17) is 9.84 Å². The number of aryl methyl sites for hydroxylation is 1. The van der Waals surface area contributed by atoms with E-state index in [1.807, 2.05) is 29.4 Å². The normalized spacial score (nSPS) is 22.9. The Hall–Kier alpha value is -6.27. The predicted octanol–water partition coefficient (Wildman–Crippen LogP) is 6.36. The van der Waals surface area contributed by atoms with Crippen molar-refractivity contribution in [2.75, 3.05) is 80.3 Å². The summed E-state index contributed by atoms with van der Waals surface area (Å²) in [7, 11) is 0. The number of imide groups is 2. The molecule has 4 fully saturated rings. The van der Waals surface area contributed by atoms with Crippen molar-refractivity contribution in [1.82, 2.24) is 34.8 Å². The smallest absolute Gasteiger partial charge is 0.265 e. The van der Waals surface area contributed by atoms with Gasteiger partial charge in [0.2, 0.25) is 17.7 Å². The second kappa shape index (κ2) is 18.1. The number of hydrogen-bond donors (Lipinski definition) is 1. The number of pyridine rings is 1. The average molecular weight is 971 g/mol. The molecule has 2 aromatic heterocycles. The fourth-order valence-corrected chi connectivity index (χ4v) is 13.1. The molecule has 1 atom stereocenters. The third-order valence-electron chi connectivity index (χ3n) is 17.0. The van der Waals surface area contributed by atoms with Gasteiger partial charge in [-0.3, -0.25) is 43.9 Å². The lowest BCUT2D eigenvalue weighted by Gasteiger charge is -2.42. The van der Waals surface area contributed by atoms with Gasteiger partial charge in [-0.15, -0.1) is 0 Å². The maximum atomic E-state index is 15.6. The quantitative estimate of drug-likeness (QED) is 0.196. The molecule has 4 aromatic rings. The SMILES string of the molecule is CC(=O)N1CCc2c(c(N3CCCc4cc(N5CC6(CCN(CC7CCN(c8ccc9c(c8)C(=O)N(C8CCC(=O)NC8=O)C9=O)CC7)CC6)c6ccncc65)c(C(F)F)cc43)nn2C2CCOCC2)C1. The van der Waals surface area contributed by atoms with Crippen LogP contribution >= 0.6 is 0 Å². The maximum Gasteiger partial charge on any atom is 0.265 e. The lowest BCUT2D eigenvalue weighted by atomic mass is 9.74. The van der Waals surface area contributed by atoms with E-state index in [0.29, 0.717) is 63.0 Å². The second-order valence-electron chi connectivity index (χ2n) is 21.0. The van der Waals surface area contributed by atoms with Gasteiger partial charge in [0.05, 0.1) is 41.3 Å². The first kappa shape index (κ1) is 45.8. The molecule has 12 rings (SSSR count). The van der Waals surface area contributed by atoms with E-state index < -0.39 is 36.1 Å². The van der Waals surface area contributed by atoms with Crippen LogP contribution in [0.4, 0.5) is 37.3 Å². The number of fused-ring (bicyclic) bond motifs is 5. The van der Waals surface area contributed by atoms with E-state index in [0.717, 1.165) is 129 Å². The Bertz CT molecular complexity index is 2830. The summed E-state index contributed by atoms with van der Waals surface area (Å²) in [6.45, 7) is 9.65. The van der Waals surface area contributed by atoms with Gasteiger partial charge < -0.3 is 29.2 Å². The molecule has 2 aromatic carbocycles. The molecule has 16 nitrogen and oxygen atoms in total. The van der Waals surface area contributed by atoms with Crippen molar-refractivity contribution in [2.45, 2.75) is 108 Å². The Morgan fingerprint density at radius 1 is 0.845 bits per heavy atom. The summed E-state index contributed by atoms with van der Waals surface area (Å²) in [5.41, 5.74) is 7.81. The Balaban J connectivity index is 0.732. The minimum absolute atomic E-state index is 0.00329. The average Bonchev–Trinajstić information content (AvgIpc) is 4.01. The summed E-state index contributed by atoms with van der Waals surface area (Å²) < 4.78 is 39.1. The molecule has 0 bridgehead atoms. The number of rotatable bonds is 8. The number of anilines is 5. The Labute approximate surface area is 411 Å².